The molecule has 0 fully saturated rings. The summed E-state index contributed by atoms with van der Waals surface area (Å²) in [6.45, 7) is 5.86. The molecule has 1 atom stereocenters. The number of carbonyl (C=O) groups excluding carboxylic acids is 1. The molecular formula is C18H20ClN3O3S. The maximum atomic E-state index is 12.4. The van der Waals surface area contributed by atoms with E-state index in [1.165, 1.54) is 17.4 Å². The Morgan fingerprint density at radius 2 is 2.04 bits per heavy atom. The number of aromatic nitrogens is 1. The largest absolute Gasteiger partial charge is 0.423 e. The molecule has 0 unspecified atom stereocenters. The third-order valence-electron chi connectivity index (χ3n) is 3.97. The monoisotopic (exact) mass is 393 g/mol. The molecule has 0 spiro atoms. The highest BCUT2D eigenvalue weighted by Gasteiger charge is 2.18. The van der Waals surface area contributed by atoms with Crippen LogP contribution < -0.4 is 16.7 Å². The number of benzene rings is 1. The lowest BCUT2D eigenvalue weighted by molar-refractivity contribution is 0.102. The van der Waals surface area contributed by atoms with Crippen LogP contribution in [0.5, 0.6) is 0 Å². The molecule has 3 N–H and O–H groups in total. The van der Waals surface area contributed by atoms with E-state index in [2.05, 4.69) is 10.3 Å². The molecule has 1 amide bonds. The van der Waals surface area contributed by atoms with Crippen molar-refractivity contribution in [2.75, 3.05) is 5.32 Å². The van der Waals surface area contributed by atoms with E-state index in [-0.39, 0.29) is 30.3 Å². The van der Waals surface area contributed by atoms with E-state index in [0.717, 1.165) is 16.0 Å². The molecule has 26 heavy (non-hydrogen) atoms. The SMILES string of the molecule is Cc1cc(=O)oc2cc(NC(=O)c3csc([C@H](N)C(C)C)n3)ccc12.Cl. The zero-order valence-electron chi connectivity index (χ0n) is 14.6. The second-order valence-electron chi connectivity index (χ2n) is 6.25. The molecular weight excluding hydrogens is 374 g/mol. The van der Waals surface area contributed by atoms with Gasteiger partial charge in [-0.25, -0.2) is 9.78 Å². The van der Waals surface area contributed by atoms with Gasteiger partial charge < -0.3 is 15.5 Å². The van der Waals surface area contributed by atoms with E-state index in [4.69, 9.17) is 10.2 Å². The summed E-state index contributed by atoms with van der Waals surface area (Å²) in [6.07, 6.45) is 0. The van der Waals surface area contributed by atoms with E-state index < -0.39 is 5.63 Å². The van der Waals surface area contributed by atoms with E-state index in [1.54, 1.807) is 17.5 Å². The van der Waals surface area contributed by atoms with Crippen molar-refractivity contribution in [1.82, 2.24) is 4.98 Å². The number of hydrogen-bond acceptors (Lipinski definition) is 6. The standard InChI is InChI=1S/C18H19N3O3S.ClH/c1-9(2)16(19)18-21-13(8-25-18)17(23)20-11-4-5-12-10(3)6-15(22)24-14(12)7-11;/h4-9,16H,19H2,1-3H3,(H,20,23);1H/t16-;/m1./s1. The lowest BCUT2D eigenvalue weighted by Gasteiger charge is -2.11. The first-order chi connectivity index (χ1) is 11.8. The van der Waals surface area contributed by atoms with Gasteiger partial charge >= 0.3 is 5.63 Å². The molecule has 3 rings (SSSR count). The molecule has 0 saturated carbocycles. The lowest BCUT2D eigenvalue weighted by atomic mass is 10.1. The van der Waals surface area contributed by atoms with Crippen molar-refractivity contribution < 1.29 is 9.21 Å². The highest BCUT2D eigenvalue weighted by Crippen LogP contribution is 2.24. The van der Waals surface area contributed by atoms with E-state index in [1.807, 2.05) is 26.8 Å². The number of nitrogens with two attached hydrogens (primary N) is 1. The quantitative estimate of drug-likeness (QED) is 0.655. The maximum absolute atomic E-state index is 12.4. The Hall–Kier alpha value is -2.22. The zero-order valence-corrected chi connectivity index (χ0v) is 16.2. The first-order valence-electron chi connectivity index (χ1n) is 7.92. The van der Waals surface area contributed by atoms with Gasteiger partial charge in [-0.2, -0.15) is 0 Å². The average Bonchev–Trinajstić information content (AvgIpc) is 3.03. The number of anilines is 1. The van der Waals surface area contributed by atoms with Gasteiger partial charge in [0.2, 0.25) is 0 Å². The van der Waals surface area contributed by atoms with Gasteiger partial charge in [0.1, 0.15) is 16.3 Å². The minimum absolute atomic E-state index is 0. The van der Waals surface area contributed by atoms with E-state index in [0.29, 0.717) is 17.0 Å². The van der Waals surface area contributed by atoms with Crippen LogP contribution in [-0.4, -0.2) is 10.9 Å². The van der Waals surface area contributed by atoms with Crippen LogP contribution >= 0.6 is 23.7 Å². The van der Waals surface area contributed by atoms with Crippen molar-refractivity contribution in [3.8, 4) is 0 Å². The number of thiazole rings is 1. The number of rotatable bonds is 4. The smallest absolute Gasteiger partial charge is 0.336 e. The van der Waals surface area contributed by atoms with Gasteiger partial charge in [0, 0.05) is 28.6 Å². The van der Waals surface area contributed by atoms with Crippen LogP contribution in [0.3, 0.4) is 0 Å². The molecule has 6 nitrogen and oxygen atoms in total. The fourth-order valence-corrected chi connectivity index (χ4v) is 3.40. The highest BCUT2D eigenvalue weighted by molar-refractivity contribution is 7.09. The van der Waals surface area contributed by atoms with Gasteiger partial charge in [0.05, 0.1) is 6.04 Å². The molecule has 3 aromatic rings. The topological polar surface area (TPSA) is 98.2 Å². The molecule has 0 aliphatic carbocycles. The summed E-state index contributed by atoms with van der Waals surface area (Å²) in [6, 6.07) is 6.46. The van der Waals surface area contributed by atoms with E-state index in [9.17, 15) is 9.59 Å². The number of nitrogens with one attached hydrogen (secondary N) is 1. The summed E-state index contributed by atoms with van der Waals surface area (Å²) in [5, 5.41) is 6.03. The van der Waals surface area contributed by atoms with Crippen LogP contribution in [0.2, 0.25) is 0 Å². The van der Waals surface area contributed by atoms with Crippen LogP contribution in [0.15, 0.2) is 38.9 Å². The average molecular weight is 394 g/mol. The Bertz CT molecular complexity index is 997. The molecule has 8 heteroatoms. The molecule has 0 aliphatic heterocycles. The molecule has 0 radical (unpaired) electrons. The normalized spacial score (nSPS) is 12.0. The third kappa shape index (κ3) is 4.12. The van der Waals surface area contributed by atoms with Gasteiger partial charge in [0.25, 0.3) is 5.91 Å². The third-order valence-corrected chi connectivity index (χ3v) is 4.91. The number of nitrogens with zero attached hydrogens (tertiary/aromatic N) is 1. The van der Waals surface area contributed by atoms with Crippen molar-refractivity contribution in [1.29, 1.82) is 0 Å². The fourth-order valence-electron chi connectivity index (χ4n) is 2.43. The zero-order chi connectivity index (χ0) is 18.1. The van der Waals surface area contributed by atoms with Gasteiger partial charge in [-0.15, -0.1) is 23.7 Å². The van der Waals surface area contributed by atoms with Crippen molar-refractivity contribution in [3.63, 3.8) is 0 Å². The van der Waals surface area contributed by atoms with Crippen molar-refractivity contribution in [2.24, 2.45) is 11.7 Å². The predicted molar refractivity (Wildman–Crippen MR) is 106 cm³/mol. The van der Waals surface area contributed by atoms with Crippen molar-refractivity contribution in [3.05, 3.63) is 56.3 Å². The summed E-state index contributed by atoms with van der Waals surface area (Å²) in [5.74, 6) is -0.0820. The van der Waals surface area contributed by atoms with Crippen LogP contribution in [0, 0.1) is 12.8 Å². The number of halogens is 1. The summed E-state index contributed by atoms with van der Waals surface area (Å²) in [7, 11) is 0. The summed E-state index contributed by atoms with van der Waals surface area (Å²) in [5.41, 5.74) is 7.77. The number of fused-ring (bicyclic) bond motifs is 1. The van der Waals surface area contributed by atoms with Gasteiger partial charge in [-0.05, 0) is 30.5 Å². The second-order valence-corrected chi connectivity index (χ2v) is 7.14. The minimum Gasteiger partial charge on any atom is -0.423 e. The molecule has 2 aromatic heterocycles. The van der Waals surface area contributed by atoms with Crippen molar-refractivity contribution >= 4 is 46.3 Å². The van der Waals surface area contributed by atoms with Crippen LogP contribution in [-0.2, 0) is 0 Å². The Balaban J connectivity index is 0.00000243. The van der Waals surface area contributed by atoms with Crippen LogP contribution in [0.25, 0.3) is 11.0 Å². The van der Waals surface area contributed by atoms with E-state index >= 15 is 0 Å². The van der Waals surface area contributed by atoms with Crippen LogP contribution in [0.4, 0.5) is 5.69 Å². The molecule has 2 heterocycles. The molecule has 0 saturated heterocycles. The summed E-state index contributed by atoms with van der Waals surface area (Å²) >= 11 is 1.37. The minimum atomic E-state index is -0.416. The second kappa shape index (κ2) is 7.99. The highest BCUT2D eigenvalue weighted by atomic mass is 35.5. The molecule has 138 valence electrons. The number of amides is 1. The first kappa shape index (κ1) is 20.1. The molecule has 0 bridgehead atoms. The summed E-state index contributed by atoms with van der Waals surface area (Å²) < 4.78 is 5.20. The Morgan fingerprint density at radius 1 is 1.31 bits per heavy atom. The maximum Gasteiger partial charge on any atom is 0.336 e. The van der Waals surface area contributed by atoms with Gasteiger partial charge in [-0.1, -0.05) is 13.8 Å². The lowest BCUT2D eigenvalue weighted by Crippen LogP contribution is -2.17. The van der Waals surface area contributed by atoms with Crippen molar-refractivity contribution in [2.45, 2.75) is 26.8 Å². The molecule has 0 aliphatic rings. The number of carbonyl (C=O) groups is 1. The Kier molecular flexibility index (Phi) is 6.17. The van der Waals surface area contributed by atoms with Crippen LogP contribution in [0.1, 0.15) is 40.9 Å². The Morgan fingerprint density at radius 3 is 2.73 bits per heavy atom. The summed E-state index contributed by atoms with van der Waals surface area (Å²) in [4.78, 5) is 28.2. The Labute approximate surface area is 160 Å². The number of aryl methyl sites for hydroxylation is 1. The predicted octanol–water partition coefficient (Wildman–Crippen LogP) is 3.89. The van der Waals surface area contributed by atoms with Gasteiger partial charge in [0.15, 0.2) is 0 Å². The van der Waals surface area contributed by atoms with Gasteiger partial charge in [-0.3, -0.25) is 4.79 Å². The fraction of sp³-hybridized carbons (Fsp3) is 0.278. The first-order valence-corrected chi connectivity index (χ1v) is 8.80. The number of hydrogen-bond donors (Lipinski definition) is 2. The molecule has 1 aromatic carbocycles.